The van der Waals surface area contributed by atoms with Gasteiger partial charge in [-0.1, -0.05) is 212 Å². The summed E-state index contributed by atoms with van der Waals surface area (Å²) in [4.78, 5) is 16.4. The number of aromatic nitrogens is 3. The highest BCUT2D eigenvalue weighted by Gasteiger charge is 2.22. The zero-order valence-corrected chi connectivity index (χ0v) is 38.5. The van der Waals surface area contributed by atoms with E-state index in [0.717, 1.165) is 99.1 Å². The van der Waals surface area contributed by atoms with Gasteiger partial charge in [0.2, 0.25) is 0 Å². The fourth-order valence-corrected chi connectivity index (χ4v) is 11.7. The van der Waals surface area contributed by atoms with E-state index in [1.807, 2.05) is 23.5 Å². The van der Waals surface area contributed by atoms with Crippen LogP contribution >= 0.6 is 11.3 Å². The predicted octanol–water partition coefficient (Wildman–Crippen LogP) is 18.1. The highest BCUT2D eigenvalue weighted by molar-refractivity contribution is 7.25. The van der Waals surface area contributed by atoms with Gasteiger partial charge in [0.25, 0.3) is 0 Å². The van der Waals surface area contributed by atoms with Gasteiger partial charge in [-0.3, -0.25) is 0 Å². The molecule has 0 aliphatic heterocycles. The van der Waals surface area contributed by atoms with E-state index in [4.69, 9.17) is 19.4 Å². The van der Waals surface area contributed by atoms with Crippen LogP contribution in [-0.4, -0.2) is 15.0 Å². The van der Waals surface area contributed by atoms with Crippen molar-refractivity contribution in [2.75, 3.05) is 0 Å². The molecule has 14 rings (SSSR count). The summed E-state index contributed by atoms with van der Waals surface area (Å²) in [5.41, 5.74) is 13.3. The highest BCUT2D eigenvalue weighted by atomic mass is 32.1. The van der Waals surface area contributed by atoms with Gasteiger partial charge in [-0.25, -0.2) is 15.0 Å². The van der Waals surface area contributed by atoms with Crippen LogP contribution in [0.3, 0.4) is 0 Å². The van der Waals surface area contributed by atoms with Crippen molar-refractivity contribution >= 4 is 75.0 Å². The minimum absolute atomic E-state index is 0.590. The van der Waals surface area contributed by atoms with Gasteiger partial charge in [0, 0.05) is 53.2 Å². The molecule has 70 heavy (non-hydrogen) atoms. The maximum absolute atomic E-state index is 6.62. The van der Waals surface area contributed by atoms with E-state index in [2.05, 4.69) is 224 Å². The summed E-state index contributed by atoms with van der Waals surface area (Å²) in [5, 5.41) is 9.19. The van der Waals surface area contributed by atoms with Gasteiger partial charge in [0.1, 0.15) is 11.2 Å². The summed E-state index contributed by atoms with van der Waals surface area (Å²) >= 11 is 1.84. The summed E-state index contributed by atoms with van der Waals surface area (Å²) in [5.74, 6) is 1.80. The highest BCUT2D eigenvalue weighted by Crippen LogP contribution is 2.44. The second kappa shape index (κ2) is 16.3. The largest absolute Gasteiger partial charge is 0.455 e. The molecule has 14 aromatic rings. The number of hydrogen-bond acceptors (Lipinski definition) is 5. The van der Waals surface area contributed by atoms with Crippen LogP contribution in [0.4, 0.5) is 0 Å². The molecule has 0 amide bonds. The number of hydrogen-bond donors (Lipinski definition) is 0. The summed E-state index contributed by atoms with van der Waals surface area (Å²) in [6.07, 6.45) is 0. The Morgan fingerprint density at radius 2 is 0.700 bits per heavy atom. The molecule has 3 aromatic heterocycles. The maximum atomic E-state index is 6.62. The number of fused-ring (bicyclic) bond motifs is 8. The zero-order valence-electron chi connectivity index (χ0n) is 37.7. The third-order valence-corrected chi connectivity index (χ3v) is 15.0. The Hall–Kier alpha value is -9.03. The van der Waals surface area contributed by atoms with Gasteiger partial charge < -0.3 is 4.42 Å². The molecule has 3 heterocycles. The fourth-order valence-electron chi connectivity index (χ4n) is 10.6. The van der Waals surface area contributed by atoms with Crippen LogP contribution in [0, 0.1) is 0 Å². The van der Waals surface area contributed by atoms with Gasteiger partial charge >= 0.3 is 0 Å². The Morgan fingerprint density at radius 1 is 0.257 bits per heavy atom. The first-order valence-corrected chi connectivity index (χ1v) is 24.4. The van der Waals surface area contributed by atoms with Crippen molar-refractivity contribution in [3.8, 4) is 78.7 Å². The standard InChI is InChI=1S/C65H39N3OS/c1-2-17-40(18-3-1)42-27-14-29-50-45(42)28-15-32-57(50)64-66-63(56-26-9-8-23-49(56)46-20-5-6-21-47(46)54-30-16-31-55-51-24-10-12-33-59(51)69-62(54)55)67-65(68-64)58-38-37-43(44-19-4-7-22-48(44)58)41-35-36-53-52-25-11-13-34-60(52)70-61(53)39-41/h1-39H. The lowest BCUT2D eigenvalue weighted by atomic mass is 9.90. The van der Waals surface area contributed by atoms with Gasteiger partial charge in [-0.15, -0.1) is 11.3 Å². The number of thiophene rings is 1. The molecule has 0 aliphatic rings. The van der Waals surface area contributed by atoms with Crippen molar-refractivity contribution in [2.24, 2.45) is 0 Å². The molecule has 5 heteroatoms. The molecule has 0 aliphatic carbocycles. The molecular weight excluding hydrogens is 871 g/mol. The molecule has 0 bridgehead atoms. The Kier molecular flexibility index (Phi) is 9.36. The van der Waals surface area contributed by atoms with E-state index in [-0.39, 0.29) is 0 Å². The molecule has 0 radical (unpaired) electrons. The Labute approximate surface area is 407 Å². The summed E-state index contributed by atoms with van der Waals surface area (Å²) < 4.78 is 9.19. The molecule has 0 N–H and O–H groups in total. The normalized spacial score (nSPS) is 11.7. The smallest absolute Gasteiger partial charge is 0.164 e. The molecule has 0 atom stereocenters. The average Bonchev–Trinajstić information content (AvgIpc) is 4.01. The Morgan fingerprint density at radius 3 is 1.43 bits per heavy atom. The summed E-state index contributed by atoms with van der Waals surface area (Å²) in [7, 11) is 0. The number of para-hydroxylation sites is 2. The van der Waals surface area contributed by atoms with Gasteiger partial charge in [-0.2, -0.15) is 0 Å². The summed E-state index contributed by atoms with van der Waals surface area (Å²) in [6, 6.07) is 83.9. The summed E-state index contributed by atoms with van der Waals surface area (Å²) in [6.45, 7) is 0. The maximum Gasteiger partial charge on any atom is 0.164 e. The van der Waals surface area contributed by atoms with Crippen molar-refractivity contribution in [1.82, 2.24) is 15.0 Å². The molecule has 11 aromatic carbocycles. The minimum Gasteiger partial charge on any atom is -0.455 e. The average molecular weight is 910 g/mol. The van der Waals surface area contributed by atoms with Crippen LogP contribution in [0.5, 0.6) is 0 Å². The Balaban J connectivity index is 0.984. The lowest BCUT2D eigenvalue weighted by Gasteiger charge is -2.17. The van der Waals surface area contributed by atoms with Gasteiger partial charge in [0.05, 0.1) is 0 Å². The van der Waals surface area contributed by atoms with Gasteiger partial charge in [-0.05, 0) is 84.8 Å². The van der Waals surface area contributed by atoms with Crippen LogP contribution in [0.2, 0.25) is 0 Å². The third kappa shape index (κ3) is 6.55. The molecule has 4 nitrogen and oxygen atoms in total. The second-order valence-corrected chi connectivity index (χ2v) is 18.8. The lowest BCUT2D eigenvalue weighted by Crippen LogP contribution is -2.02. The van der Waals surface area contributed by atoms with Crippen molar-refractivity contribution in [3.05, 3.63) is 237 Å². The fraction of sp³-hybridized carbons (Fsp3) is 0. The topological polar surface area (TPSA) is 51.8 Å². The minimum atomic E-state index is 0.590. The first-order chi connectivity index (χ1) is 34.7. The molecular formula is C65H39N3OS. The monoisotopic (exact) mass is 909 g/mol. The number of rotatable bonds is 7. The molecule has 0 spiro atoms. The number of nitrogens with zero attached hydrogens (tertiary/aromatic N) is 3. The van der Waals surface area contributed by atoms with E-state index in [1.54, 1.807) is 0 Å². The van der Waals surface area contributed by atoms with Crippen LogP contribution in [0.1, 0.15) is 0 Å². The van der Waals surface area contributed by atoms with Crippen LogP contribution in [0.15, 0.2) is 241 Å². The molecule has 0 saturated heterocycles. The molecule has 326 valence electrons. The second-order valence-electron chi connectivity index (χ2n) is 17.8. The van der Waals surface area contributed by atoms with E-state index >= 15 is 0 Å². The van der Waals surface area contributed by atoms with Crippen LogP contribution < -0.4 is 0 Å². The molecule has 0 fully saturated rings. The van der Waals surface area contributed by atoms with Crippen molar-refractivity contribution in [1.29, 1.82) is 0 Å². The first kappa shape index (κ1) is 40.1. The lowest BCUT2D eigenvalue weighted by molar-refractivity contribution is 0.670. The van der Waals surface area contributed by atoms with Crippen LogP contribution in [0.25, 0.3) is 142 Å². The van der Waals surface area contributed by atoms with Crippen LogP contribution in [-0.2, 0) is 0 Å². The first-order valence-electron chi connectivity index (χ1n) is 23.6. The predicted molar refractivity (Wildman–Crippen MR) is 293 cm³/mol. The van der Waals surface area contributed by atoms with E-state index < -0.39 is 0 Å². The number of furan rings is 1. The van der Waals surface area contributed by atoms with Crippen molar-refractivity contribution < 1.29 is 4.42 Å². The van der Waals surface area contributed by atoms with Gasteiger partial charge in [0.15, 0.2) is 17.5 Å². The quantitative estimate of drug-likeness (QED) is 0.160. The van der Waals surface area contributed by atoms with Crippen molar-refractivity contribution in [2.45, 2.75) is 0 Å². The molecule has 0 unspecified atom stereocenters. The number of benzene rings is 11. The van der Waals surface area contributed by atoms with E-state index in [9.17, 15) is 0 Å². The zero-order chi connectivity index (χ0) is 46.1. The van der Waals surface area contributed by atoms with Crippen molar-refractivity contribution in [3.63, 3.8) is 0 Å². The van der Waals surface area contributed by atoms with E-state index in [1.165, 1.54) is 25.7 Å². The van der Waals surface area contributed by atoms with E-state index in [0.29, 0.717) is 17.5 Å². The Bertz CT molecular complexity index is 4380. The SMILES string of the molecule is c1ccc(-c2cccc3c(-c4nc(-c5ccccc5-c5ccccc5-c5cccc6c5oc5ccccc56)nc(-c5ccc(-c6ccc7c(c6)sc6ccccc67)c6ccccc56)n4)cccc23)cc1. The molecule has 0 saturated carbocycles. The third-order valence-electron chi connectivity index (χ3n) is 13.8.